The molecule has 1 N–H and O–H groups in total. The number of nitriles is 1. The second-order valence-electron chi connectivity index (χ2n) is 5.00. The Morgan fingerprint density at radius 1 is 1.42 bits per heavy atom. The summed E-state index contributed by atoms with van der Waals surface area (Å²) in [7, 11) is 0. The molecule has 0 aromatic heterocycles. The van der Waals surface area contributed by atoms with Gasteiger partial charge in [-0.05, 0) is 44.2 Å². The molecule has 1 saturated carbocycles. The van der Waals surface area contributed by atoms with E-state index in [1.807, 2.05) is 31.2 Å². The van der Waals surface area contributed by atoms with E-state index < -0.39 is 5.54 Å². The lowest BCUT2D eigenvalue weighted by molar-refractivity contribution is -0.119. The summed E-state index contributed by atoms with van der Waals surface area (Å²) in [5, 5.41) is 12.1. The van der Waals surface area contributed by atoms with Crippen LogP contribution in [0.4, 0.5) is 0 Å². The highest BCUT2D eigenvalue weighted by Gasteiger charge is 2.35. The van der Waals surface area contributed by atoms with Crippen LogP contribution in [0.1, 0.15) is 31.2 Å². The quantitative estimate of drug-likeness (QED) is 0.859. The van der Waals surface area contributed by atoms with Crippen molar-refractivity contribution in [2.45, 2.75) is 43.0 Å². The van der Waals surface area contributed by atoms with Gasteiger partial charge in [0.05, 0.1) is 11.8 Å². The first-order valence-corrected chi connectivity index (χ1v) is 7.54. The Balaban J connectivity index is 1.89. The van der Waals surface area contributed by atoms with E-state index in [0.29, 0.717) is 5.75 Å². The van der Waals surface area contributed by atoms with E-state index in [1.54, 1.807) is 0 Å². The lowest BCUT2D eigenvalue weighted by Crippen LogP contribution is -2.45. The number of nitrogens with zero attached hydrogens (tertiary/aromatic N) is 1. The fourth-order valence-corrected chi connectivity index (χ4v) is 3.24. The van der Waals surface area contributed by atoms with Gasteiger partial charge in [-0.2, -0.15) is 5.26 Å². The summed E-state index contributed by atoms with van der Waals surface area (Å²) in [6, 6.07) is 10.3. The van der Waals surface area contributed by atoms with E-state index >= 15 is 0 Å². The van der Waals surface area contributed by atoms with Gasteiger partial charge in [0.15, 0.2) is 0 Å². The largest absolute Gasteiger partial charge is 0.337 e. The fourth-order valence-electron chi connectivity index (χ4n) is 2.41. The summed E-state index contributed by atoms with van der Waals surface area (Å²) in [5.41, 5.74) is 0.569. The van der Waals surface area contributed by atoms with Crippen molar-refractivity contribution in [2.75, 3.05) is 5.75 Å². The Morgan fingerprint density at radius 2 is 2.11 bits per heavy atom. The number of aryl methyl sites for hydroxylation is 1. The average Bonchev–Trinajstić information content (AvgIpc) is 2.87. The number of amides is 1. The highest BCUT2D eigenvalue weighted by Crippen LogP contribution is 2.29. The predicted molar refractivity (Wildman–Crippen MR) is 76.9 cm³/mol. The van der Waals surface area contributed by atoms with Gasteiger partial charge < -0.3 is 5.32 Å². The van der Waals surface area contributed by atoms with Gasteiger partial charge in [0.2, 0.25) is 5.91 Å². The summed E-state index contributed by atoms with van der Waals surface area (Å²) in [6.07, 6.45) is 3.62. The molecule has 0 atom stereocenters. The van der Waals surface area contributed by atoms with Crippen molar-refractivity contribution in [3.63, 3.8) is 0 Å². The van der Waals surface area contributed by atoms with Crippen LogP contribution in [-0.2, 0) is 4.79 Å². The van der Waals surface area contributed by atoms with Crippen molar-refractivity contribution in [3.05, 3.63) is 29.8 Å². The van der Waals surface area contributed by atoms with Crippen molar-refractivity contribution in [2.24, 2.45) is 0 Å². The molecular formula is C15H18N2OS. The van der Waals surface area contributed by atoms with E-state index in [2.05, 4.69) is 11.4 Å². The van der Waals surface area contributed by atoms with Gasteiger partial charge in [0.1, 0.15) is 5.54 Å². The Kier molecular flexibility index (Phi) is 4.49. The highest BCUT2D eigenvalue weighted by molar-refractivity contribution is 8.00. The van der Waals surface area contributed by atoms with Crippen molar-refractivity contribution in [1.29, 1.82) is 5.26 Å². The summed E-state index contributed by atoms with van der Waals surface area (Å²) >= 11 is 1.53. The monoisotopic (exact) mass is 274 g/mol. The summed E-state index contributed by atoms with van der Waals surface area (Å²) in [4.78, 5) is 13.1. The summed E-state index contributed by atoms with van der Waals surface area (Å²) in [5.74, 6) is 0.325. The minimum atomic E-state index is -0.608. The van der Waals surface area contributed by atoms with Crippen LogP contribution >= 0.6 is 11.8 Å². The minimum absolute atomic E-state index is 0.0447. The maximum Gasteiger partial charge on any atom is 0.231 e. The van der Waals surface area contributed by atoms with Crippen molar-refractivity contribution in [1.82, 2.24) is 5.32 Å². The van der Waals surface area contributed by atoms with Gasteiger partial charge in [0, 0.05) is 4.90 Å². The second-order valence-corrected chi connectivity index (χ2v) is 6.02. The lowest BCUT2D eigenvalue weighted by Gasteiger charge is -2.21. The minimum Gasteiger partial charge on any atom is -0.337 e. The van der Waals surface area contributed by atoms with E-state index in [-0.39, 0.29) is 5.91 Å². The van der Waals surface area contributed by atoms with Crippen LogP contribution in [0.15, 0.2) is 29.2 Å². The Hall–Kier alpha value is -1.47. The summed E-state index contributed by atoms with van der Waals surface area (Å²) in [6.45, 7) is 2.04. The van der Waals surface area contributed by atoms with Crippen LogP contribution in [0.5, 0.6) is 0 Å². The lowest BCUT2D eigenvalue weighted by atomic mass is 10.0. The molecular weight excluding hydrogens is 256 g/mol. The smallest absolute Gasteiger partial charge is 0.231 e. The van der Waals surface area contributed by atoms with E-state index in [9.17, 15) is 10.1 Å². The van der Waals surface area contributed by atoms with Crippen LogP contribution in [0.2, 0.25) is 0 Å². The molecule has 0 bridgehead atoms. The van der Waals surface area contributed by atoms with Crippen LogP contribution in [0, 0.1) is 18.3 Å². The molecule has 0 spiro atoms. The number of hydrogen-bond donors (Lipinski definition) is 1. The number of carbonyl (C=O) groups excluding carboxylic acids is 1. The highest BCUT2D eigenvalue weighted by atomic mass is 32.2. The van der Waals surface area contributed by atoms with Gasteiger partial charge in [-0.1, -0.05) is 18.2 Å². The zero-order valence-corrected chi connectivity index (χ0v) is 11.9. The third-order valence-electron chi connectivity index (χ3n) is 3.50. The standard InChI is InChI=1S/C15H18N2OS/c1-12-6-2-3-7-13(12)19-10-14(18)17-15(11-16)8-4-5-9-15/h2-3,6-7H,4-5,8-10H2,1H3,(H,17,18). The predicted octanol–water partition coefficient (Wildman–Crippen LogP) is 3.04. The Labute approximate surface area is 118 Å². The van der Waals surface area contributed by atoms with E-state index in [4.69, 9.17) is 0 Å². The number of rotatable bonds is 4. The van der Waals surface area contributed by atoms with Crippen LogP contribution in [0.3, 0.4) is 0 Å². The van der Waals surface area contributed by atoms with Crippen molar-refractivity contribution < 1.29 is 4.79 Å². The first-order valence-electron chi connectivity index (χ1n) is 6.56. The molecule has 19 heavy (non-hydrogen) atoms. The second kappa shape index (κ2) is 6.12. The Morgan fingerprint density at radius 3 is 2.74 bits per heavy atom. The molecule has 100 valence electrons. The van der Waals surface area contributed by atoms with Gasteiger partial charge >= 0.3 is 0 Å². The first kappa shape index (κ1) is 14.0. The number of thioether (sulfide) groups is 1. The van der Waals surface area contributed by atoms with Crippen molar-refractivity contribution in [3.8, 4) is 6.07 Å². The summed E-state index contributed by atoms with van der Waals surface area (Å²) < 4.78 is 0. The topological polar surface area (TPSA) is 52.9 Å². The molecule has 0 unspecified atom stereocenters. The number of hydrogen-bond acceptors (Lipinski definition) is 3. The molecule has 1 fully saturated rings. The molecule has 0 radical (unpaired) electrons. The molecule has 0 saturated heterocycles. The SMILES string of the molecule is Cc1ccccc1SCC(=O)NC1(C#N)CCCC1. The molecule has 1 amide bonds. The van der Waals surface area contributed by atoms with Gasteiger partial charge in [0.25, 0.3) is 0 Å². The van der Waals surface area contributed by atoms with E-state index in [1.165, 1.54) is 17.3 Å². The molecule has 2 rings (SSSR count). The van der Waals surface area contributed by atoms with Crippen LogP contribution < -0.4 is 5.32 Å². The maximum atomic E-state index is 12.0. The van der Waals surface area contributed by atoms with Gasteiger partial charge in [-0.15, -0.1) is 11.8 Å². The molecule has 1 aliphatic carbocycles. The van der Waals surface area contributed by atoms with Crippen molar-refractivity contribution >= 4 is 17.7 Å². The molecule has 1 aliphatic rings. The number of nitrogens with one attached hydrogen (secondary N) is 1. The molecule has 1 aromatic rings. The molecule has 4 heteroatoms. The normalized spacial score (nSPS) is 16.8. The Bertz CT molecular complexity index is 501. The fraction of sp³-hybridized carbons (Fsp3) is 0.467. The molecule has 0 aliphatic heterocycles. The number of benzene rings is 1. The zero-order valence-electron chi connectivity index (χ0n) is 11.1. The maximum absolute atomic E-state index is 12.0. The average molecular weight is 274 g/mol. The first-order chi connectivity index (χ1) is 9.15. The zero-order chi connectivity index (χ0) is 13.7. The van der Waals surface area contributed by atoms with Gasteiger partial charge in [-0.3, -0.25) is 4.79 Å². The van der Waals surface area contributed by atoms with E-state index in [0.717, 1.165) is 30.6 Å². The number of carbonyl (C=O) groups is 1. The molecule has 1 aromatic carbocycles. The third kappa shape index (κ3) is 3.51. The van der Waals surface area contributed by atoms with Gasteiger partial charge in [-0.25, -0.2) is 0 Å². The third-order valence-corrected chi connectivity index (χ3v) is 4.68. The van der Waals surface area contributed by atoms with Crippen LogP contribution in [-0.4, -0.2) is 17.2 Å². The van der Waals surface area contributed by atoms with Crippen LogP contribution in [0.25, 0.3) is 0 Å². The molecule has 0 heterocycles. The molecule has 3 nitrogen and oxygen atoms in total.